The maximum absolute atomic E-state index is 9.27. The minimum absolute atomic E-state index is 0.145. The third-order valence-electron chi connectivity index (χ3n) is 3.63. The van der Waals surface area contributed by atoms with Crippen LogP contribution in [-0.2, 0) is 13.2 Å². The van der Waals surface area contributed by atoms with Gasteiger partial charge in [0.15, 0.2) is 11.6 Å². The summed E-state index contributed by atoms with van der Waals surface area (Å²) in [5, 5.41) is 13.6. The first-order valence-electron chi connectivity index (χ1n) is 6.84. The molecule has 0 unspecified atom stereocenters. The standard InChI is InChI=1S/C16H14N4O/c21-11-15-17-16-10-19(12-6-2-1-3-7-12)13-8-4-5-9-14(13)20(16)18-15/h1-9,21H,10-11H2. The summed E-state index contributed by atoms with van der Waals surface area (Å²) in [7, 11) is 0. The third-order valence-corrected chi connectivity index (χ3v) is 3.63. The van der Waals surface area contributed by atoms with Crippen LogP contribution in [0, 0.1) is 0 Å². The number of fused-ring (bicyclic) bond motifs is 3. The molecule has 5 heteroatoms. The lowest BCUT2D eigenvalue weighted by Gasteiger charge is -2.30. The molecule has 0 bridgehead atoms. The summed E-state index contributed by atoms with van der Waals surface area (Å²) in [6, 6.07) is 18.3. The molecule has 1 aromatic heterocycles. The average molecular weight is 278 g/mol. The largest absolute Gasteiger partial charge is 0.388 e. The molecule has 5 nitrogen and oxygen atoms in total. The summed E-state index contributed by atoms with van der Waals surface area (Å²) >= 11 is 0. The van der Waals surface area contributed by atoms with Crippen LogP contribution >= 0.6 is 0 Å². The Morgan fingerprint density at radius 2 is 1.67 bits per heavy atom. The number of aliphatic hydroxyl groups is 1. The Morgan fingerprint density at radius 3 is 2.43 bits per heavy atom. The van der Waals surface area contributed by atoms with E-state index < -0.39 is 0 Å². The van der Waals surface area contributed by atoms with Gasteiger partial charge in [-0.3, -0.25) is 0 Å². The molecule has 2 heterocycles. The van der Waals surface area contributed by atoms with E-state index in [1.165, 1.54) is 0 Å². The van der Waals surface area contributed by atoms with Crippen molar-refractivity contribution >= 4 is 11.4 Å². The van der Waals surface area contributed by atoms with Gasteiger partial charge < -0.3 is 10.0 Å². The molecule has 0 atom stereocenters. The lowest BCUT2D eigenvalue weighted by atomic mass is 10.1. The van der Waals surface area contributed by atoms with E-state index in [1.54, 1.807) is 0 Å². The third kappa shape index (κ3) is 1.90. The molecular weight excluding hydrogens is 264 g/mol. The van der Waals surface area contributed by atoms with Crippen LogP contribution in [0.2, 0.25) is 0 Å². The van der Waals surface area contributed by atoms with Gasteiger partial charge in [0.2, 0.25) is 0 Å². The lowest BCUT2D eigenvalue weighted by Crippen LogP contribution is -2.25. The number of rotatable bonds is 2. The topological polar surface area (TPSA) is 54.2 Å². The second-order valence-corrected chi connectivity index (χ2v) is 4.92. The number of nitrogens with zero attached hydrogens (tertiary/aromatic N) is 4. The van der Waals surface area contributed by atoms with Crippen LogP contribution in [0.15, 0.2) is 54.6 Å². The summed E-state index contributed by atoms with van der Waals surface area (Å²) in [5.74, 6) is 1.29. The maximum atomic E-state index is 9.27. The Kier molecular flexibility index (Phi) is 2.72. The molecule has 21 heavy (non-hydrogen) atoms. The van der Waals surface area contributed by atoms with Crippen LogP contribution in [0.4, 0.5) is 11.4 Å². The van der Waals surface area contributed by atoms with Crippen molar-refractivity contribution in [3.8, 4) is 5.69 Å². The highest BCUT2D eigenvalue weighted by molar-refractivity contribution is 5.73. The molecule has 0 aliphatic carbocycles. The van der Waals surface area contributed by atoms with Gasteiger partial charge in [-0.25, -0.2) is 9.67 Å². The average Bonchev–Trinajstić information content (AvgIpc) is 2.98. The van der Waals surface area contributed by atoms with Crippen LogP contribution < -0.4 is 4.90 Å². The van der Waals surface area contributed by atoms with E-state index in [0.29, 0.717) is 12.4 Å². The molecule has 2 aromatic carbocycles. The lowest BCUT2D eigenvalue weighted by molar-refractivity contribution is 0.271. The molecule has 1 aliphatic heterocycles. The van der Waals surface area contributed by atoms with Crippen LogP contribution in [0.5, 0.6) is 0 Å². The van der Waals surface area contributed by atoms with Gasteiger partial charge in [0.1, 0.15) is 6.61 Å². The van der Waals surface area contributed by atoms with Gasteiger partial charge in [0.05, 0.1) is 17.9 Å². The molecule has 0 radical (unpaired) electrons. The fourth-order valence-corrected chi connectivity index (χ4v) is 2.69. The molecule has 0 amide bonds. The highest BCUT2D eigenvalue weighted by atomic mass is 16.3. The molecule has 3 aromatic rings. The Balaban J connectivity index is 1.90. The summed E-state index contributed by atoms with van der Waals surface area (Å²) in [4.78, 5) is 6.61. The van der Waals surface area contributed by atoms with E-state index in [0.717, 1.165) is 22.9 Å². The number of anilines is 2. The molecule has 0 fully saturated rings. The van der Waals surface area contributed by atoms with Crippen LogP contribution in [0.1, 0.15) is 11.6 Å². The molecule has 1 N–H and O–H groups in total. The number of hydrogen-bond acceptors (Lipinski definition) is 4. The SMILES string of the molecule is OCc1nc2n(n1)-c1ccccc1N(c1ccccc1)C2. The van der Waals surface area contributed by atoms with Gasteiger partial charge in [0.25, 0.3) is 0 Å². The molecule has 0 saturated carbocycles. The van der Waals surface area contributed by atoms with E-state index in [4.69, 9.17) is 0 Å². The van der Waals surface area contributed by atoms with Crippen LogP contribution in [0.3, 0.4) is 0 Å². The monoisotopic (exact) mass is 278 g/mol. The van der Waals surface area contributed by atoms with Gasteiger partial charge in [-0.1, -0.05) is 30.3 Å². The molecule has 0 spiro atoms. The van der Waals surface area contributed by atoms with Gasteiger partial charge in [-0.15, -0.1) is 5.10 Å². The minimum Gasteiger partial charge on any atom is -0.388 e. The number of hydrogen-bond donors (Lipinski definition) is 1. The predicted molar refractivity (Wildman–Crippen MR) is 79.6 cm³/mol. The van der Waals surface area contributed by atoms with E-state index in [2.05, 4.69) is 33.2 Å². The highest BCUT2D eigenvalue weighted by Gasteiger charge is 2.25. The summed E-state index contributed by atoms with van der Waals surface area (Å²) < 4.78 is 1.82. The van der Waals surface area contributed by atoms with E-state index in [1.807, 2.05) is 41.1 Å². The molecule has 104 valence electrons. The van der Waals surface area contributed by atoms with Gasteiger partial charge >= 0.3 is 0 Å². The molecule has 0 saturated heterocycles. The summed E-state index contributed by atoms with van der Waals surface area (Å²) in [6.45, 7) is 0.488. The fourth-order valence-electron chi connectivity index (χ4n) is 2.69. The molecule has 4 rings (SSSR count). The molecular formula is C16H14N4O. The number of aromatic nitrogens is 3. The van der Waals surface area contributed by atoms with Gasteiger partial charge in [-0.2, -0.15) is 0 Å². The van der Waals surface area contributed by atoms with Crippen molar-refractivity contribution in [1.29, 1.82) is 0 Å². The van der Waals surface area contributed by atoms with E-state index >= 15 is 0 Å². The molecule has 1 aliphatic rings. The van der Waals surface area contributed by atoms with Crippen LogP contribution in [-0.4, -0.2) is 19.9 Å². The van der Waals surface area contributed by atoms with Crippen molar-refractivity contribution in [2.24, 2.45) is 0 Å². The second kappa shape index (κ2) is 4.71. The van der Waals surface area contributed by atoms with Crippen molar-refractivity contribution in [3.05, 3.63) is 66.2 Å². The quantitative estimate of drug-likeness (QED) is 0.782. The minimum atomic E-state index is -0.145. The zero-order chi connectivity index (χ0) is 14.2. The van der Waals surface area contributed by atoms with Crippen molar-refractivity contribution in [2.45, 2.75) is 13.2 Å². The smallest absolute Gasteiger partial charge is 0.176 e. The van der Waals surface area contributed by atoms with Gasteiger partial charge in [-0.05, 0) is 24.3 Å². The van der Waals surface area contributed by atoms with Gasteiger partial charge in [0, 0.05) is 5.69 Å². The zero-order valence-electron chi connectivity index (χ0n) is 11.3. The fraction of sp³-hybridized carbons (Fsp3) is 0.125. The Labute approximate surface area is 122 Å². The first-order chi connectivity index (χ1) is 10.4. The summed E-state index contributed by atoms with van der Waals surface area (Å²) in [6.07, 6.45) is 0. The van der Waals surface area contributed by atoms with Crippen molar-refractivity contribution in [1.82, 2.24) is 14.8 Å². The highest BCUT2D eigenvalue weighted by Crippen LogP contribution is 2.36. The summed E-state index contributed by atoms with van der Waals surface area (Å²) in [5.41, 5.74) is 3.19. The van der Waals surface area contributed by atoms with Crippen molar-refractivity contribution in [3.63, 3.8) is 0 Å². The number of benzene rings is 2. The Morgan fingerprint density at radius 1 is 0.952 bits per heavy atom. The first kappa shape index (κ1) is 12.1. The van der Waals surface area contributed by atoms with Crippen LogP contribution in [0.25, 0.3) is 5.69 Å². The normalized spacial score (nSPS) is 12.9. The van der Waals surface area contributed by atoms with E-state index in [9.17, 15) is 5.11 Å². The Hall–Kier alpha value is -2.66. The number of para-hydroxylation sites is 3. The maximum Gasteiger partial charge on any atom is 0.176 e. The Bertz CT molecular complexity index is 782. The second-order valence-electron chi connectivity index (χ2n) is 4.92. The van der Waals surface area contributed by atoms with Crippen molar-refractivity contribution < 1.29 is 5.11 Å². The van der Waals surface area contributed by atoms with Crippen molar-refractivity contribution in [2.75, 3.05) is 4.90 Å². The number of aliphatic hydroxyl groups excluding tert-OH is 1. The zero-order valence-corrected chi connectivity index (χ0v) is 11.3. The van der Waals surface area contributed by atoms with E-state index in [-0.39, 0.29) is 6.61 Å². The first-order valence-corrected chi connectivity index (χ1v) is 6.84. The predicted octanol–water partition coefficient (Wildman–Crippen LogP) is 2.41.